The van der Waals surface area contributed by atoms with Gasteiger partial charge in [-0.2, -0.15) is 0 Å². The molecule has 34 heavy (non-hydrogen) atoms. The van der Waals surface area contributed by atoms with Crippen LogP contribution in [0.3, 0.4) is 0 Å². The number of rotatable bonds is 7. The molecule has 2 aromatic carbocycles. The van der Waals surface area contributed by atoms with Crippen LogP contribution in [0.15, 0.2) is 42.5 Å². The van der Waals surface area contributed by atoms with Gasteiger partial charge < -0.3 is 24.1 Å². The fourth-order valence-corrected chi connectivity index (χ4v) is 5.51. The molecule has 0 bridgehead atoms. The number of fused-ring (bicyclic) bond motifs is 3. The SMILES string of the molecule is C=C(C)[C@H]1C[C@@H]2c3ccc(OC)cc3CCC[C@@H]2O[C@@H]1c1cc(Cl)cc(OC)c1OCC(=O)O. The lowest BCUT2D eigenvalue weighted by Gasteiger charge is -2.43. The van der Waals surface area contributed by atoms with E-state index in [0.717, 1.165) is 37.0 Å². The molecule has 1 aliphatic carbocycles. The Kier molecular flexibility index (Phi) is 7.39. The van der Waals surface area contributed by atoms with Gasteiger partial charge in [-0.1, -0.05) is 29.8 Å². The zero-order valence-corrected chi connectivity index (χ0v) is 20.6. The highest BCUT2D eigenvalue weighted by Crippen LogP contribution is 2.52. The number of aryl methyl sites for hydroxylation is 1. The number of ether oxygens (including phenoxy) is 4. The van der Waals surface area contributed by atoms with Crippen LogP contribution in [0.4, 0.5) is 0 Å². The molecule has 2 aliphatic rings. The first kappa shape index (κ1) is 24.4. The summed E-state index contributed by atoms with van der Waals surface area (Å²) in [4.78, 5) is 11.2. The van der Waals surface area contributed by atoms with Gasteiger partial charge in [-0.15, -0.1) is 0 Å². The second kappa shape index (κ2) is 10.3. The number of aliphatic carboxylic acids is 1. The molecule has 2 aromatic rings. The van der Waals surface area contributed by atoms with Gasteiger partial charge in [0, 0.05) is 28.5 Å². The van der Waals surface area contributed by atoms with Crippen LogP contribution in [-0.4, -0.2) is 38.0 Å². The summed E-state index contributed by atoms with van der Waals surface area (Å²) >= 11 is 6.43. The first-order valence-corrected chi connectivity index (χ1v) is 11.9. The van der Waals surface area contributed by atoms with E-state index in [1.165, 1.54) is 18.2 Å². The summed E-state index contributed by atoms with van der Waals surface area (Å²) in [6, 6.07) is 9.73. The van der Waals surface area contributed by atoms with Gasteiger partial charge in [-0.05, 0) is 61.9 Å². The number of carboxylic acid groups (broad SMARTS) is 1. The maximum absolute atomic E-state index is 11.2. The van der Waals surface area contributed by atoms with Crippen LogP contribution in [0, 0.1) is 5.92 Å². The van der Waals surface area contributed by atoms with E-state index >= 15 is 0 Å². The van der Waals surface area contributed by atoms with Crippen molar-refractivity contribution in [2.75, 3.05) is 20.8 Å². The van der Waals surface area contributed by atoms with Crippen molar-refractivity contribution in [1.29, 1.82) is 0 Å². The first-order chi connectivity index (χ1) is 16.3. The van der Waals surface area contributed by atoms with Crippen LogP contribution >= 0.6 is 11.6 Å². The molecule has 1 aliphatic heterocycles. The molecule has 7 heteroatoms. The minimum Gasteiger partial charge on any atom is -0.497 e. The predicted octanol–water partition coefficient (Wildman–Crippen LogP) is 5.96. The Morgan fingerprint density at radius 3 is 2.68 bits per heavy atom. The molecule has 0 spiro atoms. The van der Waals surface area contributed by atoms with Crippen molar-refractivity contribution in [2.45, 2.75) is 50.7 Å². The largest absolute Gasteiger partial charge is 0.497 e. The Hall–Kier alpha value is -2.70. The molecule has 0 amide bonds. The third kappa shape index (κ3) is 4.89. The van der Waals surface area contributed by atoms with E-state index in [1.54, 1.807) is 19.2 Å². The lowest BCUT2D eigenvalue weighted by Crippen LogP contribution is -2.36. The zero-order valence-electron chi connectivity index (χ0n) is 19.8. The van der Waals surface area contributed by atoms with Crippen molar-refractivity contribution < 1.29 is 28.8 Å². The van der Waals surface area contributed by atoms with Crippen LogP contribution in [0.1, 0.15) is 54.9 Å². The lowest BCUT2D eigenvalue weighted by atomic mass is 9.74. The third-order valence-electron chi connectivity index (χ3n) is 6.88. The normalized spacial score (nSPS) is 23.8. The van der Waals surface area contributed by atoms with Crippen LogP contribution in [0.5, 0.6) is 17.2 Å². The summed E-state index contributed by atoms with van der Waals surface area (Å²) in [5.74, 6) is 0.751. The third-order valence-corrected chi connectivity index (χ3v) is 7.09. The first-order valence-electron chi connectivity index (χ1n) is 11.5. The fourth-order valence-electron chi connectivity index (χ4n) is 5.29. The number of hydrogen-bond donors (Lipinski definition) is 1. The van der Waals surface area contributed by atoms with Gasteiger partial charge in [0.15, 0.2) is 18.1 Å². The molecule has 0 unspecified atom stereocenters. The minimum absolute atomic E-state index is 0.00699. The second-order valence-corrected chi connectivity index (χ2v) is 9.49. The molecule has 1 fully saturated rings. The van der Waals surface area contributed by atoms with Gasteiger partial charge >= 0.3 is 5.97 Å². The average molecular weight is 487 g/mol. The van der Waals surface area contributed by atoms with Crippen LogP contribution in [0.2, 0.25) is 5.02 Å². The summed E-state index contributed by atoms with van der Waals surface area (Å²) in [6.45, 7) is 5.79. The molecule has 0 saturated carbocycles. The Morgan fingerprint density at radius 2 is 2.00 bits per heavy atom. The van der Waals surface area contributed by atoms with Crippen LogP contribution in [-0.2, 0) is 16.0 Å². The van der Waals surface area contributed by atoms with Gasteiger partial charge in [0.05, 0.1) is 26.4 Å². The number of halogens is 1. The maximum Gasteiger partial charge on any atom is 0.341 e. The summed E-state index contributed by atoms with van der Waals surface area (Å²) in [5.41, 5.74) is 4.30. The van der Waals surface area contributed by atoms with E-state index in [2.05, 4.69) is 18.7 Å². The minimum atomic E-state index is -1.07. The second-order valence-electron chi connectivity index (χ2n) is 9.06. The molecule has 0 radical (unpaired) electrons. The van der Waals surface area contributed by atoms with Crippen molar-refractivity contribution in [3.8, 4) is 17.2 Å². The van der Waals surface area contributed by atoms with Gasteiger partial charge in [-0.3, -0.25) is 0 Å². The lowest BCUT2D eigenvalue weighted by molar-refractivity contribution is -0.139. The van der Waals surface area contributed by atoms with Gasteiger partial charge in [0.1, 0.15) is 5.75 Å². The molecule has 1 saturated heterocycles. The highest BCUT2D eigenvalue weighted by atomic mass is 35.5. The van der Waals surface area contributed by atoms with Crippen LogP contribution in [0.25, 0.3) is 0 Å². The van der Waals surface area contributed by atoms with Gasteiger partial charge in [0.25, 0.3) is 0 Å². The van der Waals surface area contributed by atoms with Crippen molar-refractivity contribution >= 4 is 17.6 Å². The Labute approximate surface area is 205 Å². The number of carbonyl (C=O) groups is 1. The Bertz CT molecular complexity index is 1080. The number of methoxy groups -OCH3 is 2. The topological polar surface area (TPSA) is 74.2 Å². The molecule has 4 rings (SSSR count). The van der Waals surface area contributed by atoms with Crippen molar-refractivity contribution in [3.63, 3.8) is 0 Å². The number of benzene rings is 2. The zero-order chi connectivity index (χ0) is 24.4. The Balaban J connectivity index is 1.75. The van der Waals surface area contributed by atoms with E-state index in [1.807, 2.05) is 13.0 Å². The predicted molar refractivity (Wildman–Crippen MR) is 130 cm³/mol. The van der Waals surface area contributed by atoms with E-state index in [9.17, 15) is 9.90 Å². The number of hydrogen-bond acceptors (Lipinski definition) is 5. The van der Waals surface area contributed by atoms with E-state index in [0.29, 0.717) is 22.1 Å². The standard InChI is InChI=1S/C27H31ClO6/c1-15(2)20-13-21-19-9-8-18(31-3)10-16(19)6-5-7-23(21)34-26(20)22-11-17(28)12-24(32-4)27(22)33-14-25(29)30/h8-12,20-21,23,26H,1,5-7,13-14H2,2-4H3,(H,29,30)/t20-,21-,23+,26+/m1/s1. The highest BCUT2D eigenvalue weighted by Gasteiger charge is 2.42. The molecule has 4 atom stereocenters. The van der Waals surface area contributed by atoms with Crippen LogP contribution < -0.4 is 14.2 Å². The monoisotopic (exact) mass is 486 g/mol. The van der Waals surface area contributed by atoms with E-state index < -0.39 is 12.6 Å². The van der Waals surface area contributed by atoms with Crippen molar-refractivity contribution in [3.05, 3.63) is 64.2 Å². The Morgan fingerprint density at radius 1 is 1.21 bits per heavy atom. The molecule has 1 heterocycles. The summed E-state index contributed by atoms with van der Waals surface area (Å²) in [7, 11) is 3.20. The molecule has 182 valence electrons. The van der Waals surface area contributed by atoms with Crippen molar-refractivity contribution in [1.82, 2.24) is 0 Å². The molecular weight excluding hydrogens is 456 g/mol. The van der Waals surface area contributed by atoms with Crippen molar-refractivity contribution in [2.24, 2.45) is 5.92 Å². The molecule has 0 aromatic heterocycles. The van der Waals surface area contributed by atoms with Gasteiger partial charge in [0.2, 0.25) is 0 Å². The molecule has 6 nitrogen and oxygen atoms in total. The van der Waals surface area contributed by atoms with E-state index in [-0.39, 0.29) is 24.0 Å². The molecular formula is C27H31ClO6. The maximum atomic E-state index is 11.2. The quantitative estimate of drug-likeness (QED) is 0.486. The van der Waals surface area contributed by atoms with Gasteiger partial charge in [-0.25, -0.2) is 4.79 Å². The highest BCUT2D eigenvalue weighted by molar-refractivity contribution is 6.30. The average Bonchev–Trinajstić information content (AvgIpc) is 2.99. The summed E-state index contributed by atoms with van der Waals surface area (Å²) < 4.78 is 23.4. The smallest absolute Gasteiger partial charge is 0.341 e. The van der Waals surface area contributed by atoms with E-state index in [4.69, 9.17) is 30.5 Å². The molecule has 1 N–H and O–H groups in total. The fraction of sp³-hybridized carbons (Fsp3) is 0.444. The number of carboxylic acids is 1. The summed E-state index contributed by atoms with van der Waals surface area (Å²) in [5, 5.41) is 9.68. The summed E-state index contributed by atoms with van der Waals surface area (Å²) in [6.07, 6.45) is 3.39.